The molecule has 0 saturated heterocycles. The molecule has 3 heteroatoms. The van der Waals surface area contributed by atoms with Crippen LogP contribution >= 0.6 is 0 Å². The van der Waals surface area contributed by atoms with E-state index in [1.807, 2.05) is 31.2 Å². The predicted octanol–water partition coefficient (Wildman–Crippen LogP) is 2.02. The van der Waals surface area contributed by atoms with Crippen LogP contribution in [0.5, 0.6) is 5.75 Å². The second-order valence-electron chi connectivity index (χ2n) is 4.26. The van der Waals surface area contributed by atoms with Gasteiger partial charge in [0.1, 0.15) is 5.75 Å². The van der Waals surface area contributed by atoms with Gasteiger partial charge in [-0.3, -0.25) is 4.79 Å². The molecule has 1 aliphatic carbocycles. The highest BCUT2D eigenvalue weighted by Crippen LogP contribution is 2.20. The number of carbonyl (C=O) groups is 1. The van der Waals surface area contributed by atoms with E-state index in [4.69, 9.17) is 4.74 Å². The average Bonchev–Trinajstić information content (AvgIpc) is 3.12. The molecule has 1 N–H and O–H groups in total. The topological polar surface area (TPSA) is 38.3 Å². The molecule has 1 saturated carbocycles. The minimum absolute atomic E-state index is 0.0964. The largest absolute Gasteiger partial charge is 0.497 e. The number of ether oxygens (including phenoxy) is 1. The number of hydrogen-bond donors (Lipinski definition) is 1. The summed E-state index contributed by atoms with van der Waals surface area (Å²) < 4.78 is 5.06. The molecule has 2 rings (SSSR count). The normalized spacial score (nSPS) is 16.9. The van der Waals surface area contributed by atoms with Crippen LogP contribution in [0.2, 0.25) is 0 Å². The molecule has 3 nitrogen and oxygen atoms in total. The van der Waals surface area contributed by atoms with Crippen molar-refractivity contribution in [3.63, 3.8) is 0 Å². The van der Waals surface area contributed by atoms with Crippen molar-refractivity contribution in [2.75, 3.05) is 7.11 Å². The molecule has 0 aromatic heterocycles. The van der Waals surface area contributed by atoms with Crippen molar-refractivity contribution in [2.45, 2.75) is 31.8 Å². The lowest BCUT2D eigenvalue weighted by atomic mass is 10.1. The van der Waals surface area contributed by atoms with Gasteiger partial charge in [-0.1, -0.05) is 0 Å². The Balaban J connectivity index is 2.00. The quantitative estimate of drug-likeness (QED) is 0.770. The molecule has 1 aromatic carbocycles. The van der Waals surface area contributed by atoms with Gasteiger partial charge in [0.15, 0.2) is 5.78 Å². The number of benzene rings is 1. The summed E-state index contributed by atoms with van der Waals surface area (Å²) in [6, 6.07) is 7.71. The van der Waals surface area contributed by atoms with E-state index in [0.29, 0.717) is 6.04 Å². The van der Waals surface area contributed by atoms with Gasteiger partial charge in [-0.05, 0) is 44.0 Å². The monoisotopic (exact) mass is 219 g/mol. The Morgan fingerprint density at radius 2 is 2.00 bits per heavy atom. The summed E-state index contributed by atoms with van der Waals surface area (Å²) in [4.78, 5) is 12.0. The highest BCUT2D eigenvalue weighted by atomic mass is 16.5. The second-order valence-corrected chi connectivity index (χ2v) is 4.26. The number of rotatable bonds is 5. The summed E-state index contributed by atoms with van der Waals surface area (Å²) in [6.07, 6.45) is 2.39. The van der Waals surface area contributed by atoms with Crippen LogP contribution in [-0.2, 0) is 0 Å². The van der Waals surface area contributed by atoms with Gasteiger partial charge >= 0.3 is 0 Å². The number of ketones is 1. The van der Waals surface area contributed by atoms with Crippen molar-refractivity contribution in [1.29, 1.82) is 0 Å². The summed E-state index contributed by atoms with van der Waals surface area (Å²) in [5.74, 6) is 0.925. The SMILES string of the molecule is COc1ccc(C(=O)C(C)NC2CC2)cc1. The van der Waals surface area contributed by atoms with Gasteiger partial charge in [0.25, 0.3) is 0 Å². The van der Waals surface area contributed by atoms with E-state index in [1.165, 1.54) is 12.8 Å². The maximum atomic E-state index is 12.0. The van der Waals surface area contributed by atoms with E-state index in [2.05, 4.69) is 5.32 Å². The van der Waals surface area contributed by atoms with E-state index >= 15 is 0 Å². The first-order chi connectivity index (χ1) is 7.70. The minimum Gasteiger partial charge on any atom is -0.497 e. The summed E-state index contributed by atoms with van der Waals surface area (Å²) in [5.41, 5.74) is 0.737. The standard InChI is InChI=1S/C13H17NO2/c1-9(14-11-5-6-11)13(15)10-3-7-12(16-2)8-4-10/h3-4,7-9,11,14H,5-6H2,1-2H3. The third kappa shape index (κ3) is 2.61. The molecule has 1 aliphatic rings. The lowest BCUT2D eigenvalue weighted by molar-refractivity contribution is 0.0950. The second kappa shape index (κ2) is 4.66. The van der Waals surface area contributed by atoms with E-state index in [1.54, 1.807) is 7.11 Å². The molecule has 0 bridgehead atoms. The highest BCUT2D eigenvalue weighted by Gasteiger charge is 2.25. The number of Topliss-reactive ketones (excluding diaryl/α,β-unsaturated/α-hetero) is 1. The summed E-state index contributed by atoms with van der Waals surface area (Å²) in [7, 11) is 1.62. The van der Waals surface area contributed by atoms with Crippen LogP contribution in [0.1, 0.15) is 30.1 Å². The minimum atomic E-state index is -0.0964. The zero-order valence-electron chi connectivity index (χ0n) is 9.69. The summed E-state index contributed by atoms with van der Waals surface area (Å²) in [6.45, 7) is 1.92. The molecule has 0 heterocycles. The smallest absolute Gasteiger partial charge is 0.179 e. The fourth-order valence-corrected chi connectivity index (χ4v) is 1.68. The highest BCUT2D eigenvalue weighted by molar-refractivity contribution is 5.99. The number of hydrogen-bond acceptors (Lipinski definition) is 3. The lowest BCUT2D eigenvalue weighted by Gasteiger charge is -2.12. The maximum Gasteiger partial charge on any atom is 0.179 e. The van der Waals surface area contributed by atoms with Crippen LogP contribution in [0.3, 0.4) is 0 Å². The fraction of sp³-hybridized carbons (Fsp3) is 0.462. The zero-order valence-corrected chi connectivity index (χ0v) is 9.69. The van der Waals surface area contributed by atoms with Crippen molar-refractivity contribution < 1.29 is 9.53 Å². The molecule has 16 heavy (non-hydrogen) atoms. The molecule has 0 spiro atoms. The molecular formula is C13H17NO2. The number of methoxy groups -OCH3 is 1. The van der Waals surface area contributed by atoms with Gasteiger partial charge in [0.05, 0.1) is 13.2 Å². The van der Waals surface area contributed by atoms with Crippen molar-refractivity contribution in [3.8, 4) is 5.75 Å². The van der Waals surface area contributed by atoms with Crippen molar-refractivity contribution >= 4 is 5.78 Å². The van der Waals surface area contributed by atoms with Gasteiger partial charge in [-0.25, -0.2) is 0 Å². The maximum absolute atomic E-state index is 12.0. The molecular weight excluding hydrogens is 202 g/mol. The van der Waals surface area contributed by atoms with Crippen LogP contribution in [0.4, 0.5) is 0 Å². The van der Waals surface area contributed by atoms with Crippen molar-refractivity contribution in [3.05, 3.63) is 29.8 Å². The van der Waals surface area contributed by atoms with Crippen molar-refractivity contribution in [1.82, 2.24) is 5.32 Å². The average molecular weight is 219 g/mol. The Kier molecular flexibility index (Phi) is 3.25. The van der Waals surface area contributed by atoms with Crippen LogP contribution in [0.15, 0.2) is 24.3 Å². The molecule has 0 radical (unpaired) electrons. The molecule has 0 amide bonds. The van der Waals surface area contributed by atoms with Gasteiger partial charge in [0, 0.05) is 11.6 Å². The first-order valence-electron chi connectivity index (χ1n) is 5.65. The summed E-state index contributed by atoms with van der Waals surface area (Å²) in [5, 5.41) is 3.30. The molecule has 1 atom stereocenters. The van der Waals surface area contributed by atoms with Crippen molar-refractivity contribution in [2.24, 2.45) is 0 Å². The third-order valence-corrected chi connectivity index (χ3v) is 2.83. The van der Waals surface area contributed by atoms with Gasteiger partial charge in [0.2, 0.25) is 0 Å². The molecule has 1 unspecified atom stereocenters. The Bertz CT molecular complexity index is 368. The van der Waals surface area contributed by atoms with Crippen LogP contribution < -0.4 is 10.1 Å². The van der Waals surface area contributed by atoms with E-state index in [9.17, 15) is 4.79 Å². The number of carbonyl (C=O) groups excluding carboxylic acids is 1. The van der Waals surface area contributed by atoms with Crippen LogP contribution in [-0.4, -0.2) is 25.0 Å². The van der Waals surface area contributed by atoms with Gasteiger partial charge in [-0.15, -0.1) is 0 Å². The Labute approximate surface area is 95.8 Å². The van der Waals surface area contributed by atoms with Crippen LogP contribution in [0, 0.1) is 0 Å². The van der Waals surface area contributed by atoms with Crippen LogP contribution in [0.25, 0.3) is 0 Å². The third-order valence-electron chi connectivity index (χ3n) is 2.83. The fourth-order valence-electron chi connectivity index (χ4n) is 1.68. The Morgan fingerprint density at radius 3 is 2.50 bits per heavy atom. The zero-order chi connectivity index (χ0) is 11.5. The predicted molar refractivity (Wildman–Crippen MR) is 62.9 cm³/mol. The first-order valence-corrected chi connectivity index (χ1v) is 5.65. The molecule has 1 aromatic rings. The Morgan fingerprint density at radius 1 is 1.38 bits per heavy atom. The molecule has 1 fully saturated rings. The van der Waals surface area contributed by atoms with Gasteiger partial charge < -0.3 is 10.1 Å². The van der Waals surface area contributed by atoms with E-state index in [-0.39, 0.29) is 11.8 Å². The summed E-state index contributed by atoms with van der Waals surface area (Å²) >= 11 is 0. The van der Waals surface area contributed by atoms with Gasteiger partial charge in [-0.2, -0.15) is 0 Å². The molecule has 86 valence electrons. The lowest BCUT2D eigenvalue weighted by Crippen LogP contribution is -2.35. The number of nitrogens with one attached hydrogen (secondary N) is 1. The van der Waals surface area contributed by atoms with E-state index < -0.39 is 0 Å². The van der Waals surface area contributed by atoms with E-state index in [0.717, 1.165) is 11.3 Å². The first kappa shape index (κ1) is 11.1. The molecule has 0 aliphatic heterocycles. The Hall–Kier alpha value is -1.35.